The summed E-state index contributed by atoms with van der Waals surface area (Å²) in [7, 11) is 3.63. The van der Waals surface area contributed by atoms with Crippen LogP contribution in [0.3, 0.4) is 0 Å². The van der Waals surface area contributed by atoms with Crippen LogP contribution in [0.25, 0.3) is 0 Å². The molecule has 0 unspecified atom stereocenters. The summed E-state index contributed by atoms with van der Waals surface area (Å²) in [6.45, 7) is 5.21. The van der Waals surface area contributed by atoms with Crippen molar-refractivity contribution >= 4 is 5.91 Å². The molecule has 2 aliphatic rings. The van der Waals surface area contributed by atoms with E-state index >= 15 is 0 Å². The highest BCUT2D eigenvalue weighted by Gasteiger charge is 2.59. The third kappa shape index (κ3) is 2.20. The number of hydrogen-bond donors (Lipinski definition) is 0. The maximum atomic E-state index is 13.2. The van der Waals surface area contributed by atoms with Gasteiger partial charge in [0.1, 0.15) is 5.75 Å². The molecule has 3 nitrogen and oxygen atoms in total. The Morgan fingerprint density at radius 2 is 2.17 bits per heavy atom. The Balaban J connectivity index is 2.22. The zero-order chi connectivity index (χ0) is 16.7. The van der Waals surface area contributed by atoms with Gasteiger partial charge in [-0.15, -0.1) is 0 Å². The number of methoxy groups -OCH3 is 1. The second kappa shape index (κ2) is 5.70. The lowest BCUT2D eigenvalue weighted by Crippen LogP contribution is -2.61. The van der Waals surface area contributed by atoms with E-state index in [0.29, 0.717) is 5.92 Å². The van der Waals surface area contributed by atoms with Crippen molar-refractivity contribution in [3.8, 4) is 5.75 Å². The first-order chi connectivity index (χ1) is 11.0. The normalized spacial score (nSPS) is 33.5. The Kier molecular flexibility index (Phi) is 3.99. The highest BCUT2D eigenvalue weighted by Crippen LogP contribution is 2.57. The fourth-order valence-electron chi connectivity index (χ4n) is 4.74. The molecule has 1 fully saturated rings. The van der Waals surface area contributed by atoms with E-state index in [9.17, 15) is 4.79 Å². The number of benzene rings is 1. The van der Waals surface area contributed by atoms with E-state index in [0.717, 1.165) is 31.6 Å². The van der Waals surface area contributed by atoms with Crippen LogP contribution in [0.2, 0.25) is 0 Å². The molecule has 0 saturated carbocycles. The van der Waals surface area contributed by atoms with Crippen molar-refractivity contribution in [1.82, 2.24) is 4.90 Å². The number of allylic oxidation sites excluding steroid dienone is 1. The monoisotopic (exact) mass is 313 g/mol. The number of amides is 1. The van der Waals surface area contributed by atoms with Crippen LogP contribution in [0, 0.1) is 11.3 Å². The molecule has 1 aromatic carbocycles. The molecular formula is C20H27NO2. The quantitative estimate of drug-likeness (QED) is 0.795. The topological polar surface area (TPSA) is 29.5 Å². The Bertz CT molecular complexity index is 638. The number of hydrogen-bond acceptors (Lipinski definition) is 2. The third-order valence-corrected chi connectivity index (χ3v) is 6.02. The minimum Gasteiger partial charge on any atom is -0.497 e. The predicted octanol–water partition coefficient (Wildman–Crippen LogP) is 3.79. The van der Waals surface area contributed by atoms with Gasteiger partial charge in [-0.1, -0.05) is 38.1 Å². The first-order valence-corrected chi connectivity index (χ1v) is 8.58. The number of fused-ring (bicyclic) bond motifs is 1. The van der Waals surface area contributed by atoms with Crippen molar-refractivity contribution < 1.29 is 9.53 Å². The van der Waals surface area contributed by atoms with Crippen molar-refractivity contribution in [3.63, 3.8) is 0 Å². The second-order valence-corrected chi connectivity index (χ2v) is 7.16. The fraction of sp³-hybridized carbons (Fsp3) is 0.550. The lowest BCUT2D eigenvalue weighted by atomic mass is 9.50. The number of carbonyl (C=O) groups is 1. The lowest BCUT2D eigenvalue weighted by molar-refractivity contribution is -0.149. The smallest absolute Gasteiger partial charge is 0.233 e. The summed E-state index contributed by atoms with van der Waals surface area (Å²) in [5, 5.41) is 0. The highest BCUT2D eigenvalue weighted by atomic mass is 16.5. The number of nitrogens with zero attached hydrogens (tertiary/aromatic N) is 1. The summed E-state index contributed by atoms with van der Waals surface area (Å²) in [5.41, 5.74) is 0.684. The van der Waals surface area contributed by atoms with Crippen LogP contribution in [0.1, 0.15) is 38.7 Å². The molecule has 23 heavy (non-hydrogen) atoms. The number of rotatable bonds is 3. The Hall–Kier alpha value is -1.77. The van der Waals surface area contributed by atoms with Crippen LogP contribution in [-0.4, -0.2) is 31.5 Å². The maximum absolute atomic E-state index is 13.2. The summed E-state index contributed by atoms with van der Waals surface area (Å²) in [4.78, 5) is 15.1. The van der Waals surface area contributed by atoms with Gasteiger partial charge in [0.05, 0.1) is 12.5 Å². The number of likely N-dealkylation sites (tertiary alicyclic amines) is 1. The van der Waals surface area contributed by atoms with Crippen LogP contribution in [0.15, 0.2) is 36.4 Å². The summed E-state index contributed by atoms with van der Waals surface area (Å²) in [6.07, 6.45) is 7.29. The van der Waals surface area contributed by atoms with Crippen LogP contribution in [0.4, 0.5) is 0 Å². The SMILES string of the molecule is CC[C@@]12C=C[C@H](C)C[C@@]1(c1cccc(OC)c1)CCN(C)C2=O. The minimum atomic E-state index is -0.432. The molecule has 0 aromatic heterocycles. The van der Waals surface area contributed by atoms with Crippen LogP contribution in [-0.2, 0) is 10.2 Å². The van der Waals surface area contributed by atoms with Crippen LogP contribution < -0.4 is 4.74 Å². The van der Waals surface area contributed by atoms with Crippen LogP contribution in [0.5, 0.6) is 5.75 Å². The first kappa shape index (κ1) is 16.1. The molecule has 3 heteroatoms. The third-order valence-electron chi connectivity index (χ3n) is 6.02. The standard InChI is InChI=1S/C20H27NO2/c1-5-19-10-9-15(2)14-20(19,11-12-21(3)18(19)22)16-7-6-8-17(13-16)23-4/h6-10,13,15H,5,11-12,14H2,1-4H3/t15-,19-,20+/m0/s1. The summed E-state index contributed by atoms with van der Waals surface area (Å²) in [6, 6.07) is 8.34. The summed E-state index contributed by atoms with van der Waals surface area (Å²) in [5.74, 6) is 1.62. The number of piperidine rings is 1. The zero-order valence-corrected chi connectivity index (χ0v) is 14.6. The zero-order valence-electron chi connectivity index (χ0n) is 14.6. The van der Waals surface area contributed by atoms with Gasteiger partial charge in [0.15, 0.2) is 0 Å². The molecule has 124 valence electrons. The predicted molar refractivity (Wildman–Crippen MR) is 92.6 cm³/mol. The first-order valence-electron chi connectivity index (χ1n) is 8.58. The Labute approximate surface area is 139 Å². The van der Waals surface area contributed by atoms with Gasteiger partial charge in [0, 0.05) is 19.0 Å². The molecule has 0 N–H and O–H groups in total. The van der Waals surface area contributed by atoms with Crippen molar-refractivity contribution in [2.24, 2.45) is 11.3 Å². The molecular weight excluding hydrogens is 286 g/mol. The van der Waals surface area contributed by atoms with Gasteiger partial charge in [-0.3, -0.25) is 4.79 Å². The van der Waals surface area contributed by atoms with E-state index in [4.69, 9.17) is 4.74 Å². The van der Waals surface area contributed by atoms with Gasteiger partial charge in [0.2, 0.25) is 5.91 Å². The molecule has 1 amide bonds. The molecule has 0 radical (unpaired) electrons. The molecule has 0 spiro atoms. The van der Waals surface area contributed by atoms with Gasteiger partial charge in [-0.2, -0.15) is 0 Å². The van der Waals surface area contributed by atoms with E-state index in [2.05, 4.69) is 44.2 Å². The van der Waals surface area contributed by atoms with E-state index in [-0.39, 0.29) is 11.3 Å². The molecule has 1 saturated heterocycles. The summed E-state index contributed by atoms with van der Waals surface area (Å²) >= 11 is 0. The largest absolute Gasteiger partial charge is 0.497 e. The number of carbonyl (C=O) groups excluding carboxylic acids is 1. The van der Waals surface area contributed by atoms with E-state index in [1.54, 1.807) is 7.11 Å². The van der Waals surface area contributed by atoms with E-state index in [1.165, 1.54) is 5.56 Å². The highest BCUT2D eigenvalue weighted by molar-refractivity contribution is 5.88. The minimum absolute atomic E-state index is 0.131. The molecule has 1 aliphatic carbocycles. The van der Waals surface area contributed by atoms with Gasteiger partial charge < -0.3 is 9.64 Å². The Morgan fingerprint density at radius 1 is 1.39 bits per heavy atom. The Morgan fingerprint density at radius 3 is 2.87 bits per heavy atom. The lowest BCUT2D eigenvalue weighted by Gasteiger charge is -2.56. The van der Waals surface area contributed by atoms with Crippen molar-refractivity contribution in [2.75, 3.05) is 20.7 Å². The van der Waals surface area contributed by atoms with Crippen molar-refractivity contribution in [2.45, 2.75) is 38.5 Å². The fourth-order valence-corrected chi connectivity index (χ4v) is 4.74. The maximum Gasteiger partial charge on any atom is 0.233 e. The van der Waals surface area contributed by atoms with E-state index in [1.807, 2.05) is 18.0 Å². The molecule has 0 bridgehead atoms. The average Bonchev–Trinajstić information content (AvgIpc) is 2.58. The van der Waals surface area contributed by atoms with Crippen LogP contribution >= 0.6 is 0 Å². The second-order valence-electron chi connectivity index (χ2n) is 7.16. The number of ether oxygens (including phenoxy) is 1. The molecule has 1 heterocycles. The van der Waals surface area contributed by atoms with Gasteiger partial charge in [-0.05, 0) is 42.9 Å². The molecule has 1 aromatic rings. The van der Waals surface area contributed by atoms with Gasteiger partial charge in [-0.25, -0.2) is 0 Å². The molecule has 1 aliphatic heterocycles. The average molecular weight is 313 g/mol. The molecule has 3 atom stereocenters. The van der Waals surface area contributed by atoms with Crippen molar-refractivity contribution in [3.05, 3.63) is 42.0 Å². The van der Waals surface area contributed by atoms with E-state index < -0.39 is 5.41 Å². The van der Waals surface area contributed by atoms with Gasteiger partial charge in [0.25, 0.3) is 0 Å². The summed E-state index contributed by atoms with van der Waals surface area (Å²) < 4.78 is 5.45. The van der Waals surface area contributed by atoms with Gasteiger partial charge >= 0.3 is 0 Å². The molecule has 3 rings (SSSR count). The van der Waals surface area contributed by atoms with Crippen molar-refractivity contribution in [1.29, 1.82) is 0 Å².